The summed E-state index contributed by atoms with van der Waals surface area (Å²) in [6.07, 6.45) is -4.73. The number of carbonyl (C=O) groups is 1. The van der Waals surface area contributed by atoms with Gasteiger partial charge in [0.25, 0.3) is 0 Å². The molecule has 2 aliphatic heterocycles. The van der Waals surface area contributed by atoms with Crippen LogP contribution in [0.15, 0.2) is 36.6 Å². The Labute approximate surface area is 217 Å². The highest BCUT2D eigenvalue weighted by Crippen LogP contribution is 2.48. The Morgan fingerprint density at radius 1 is 1.16 bits per heavy atom. The Morgan fingerprint density at radius 2 is 1.92 bits per heavy atom. The highest BCUT2D eigenvalue weighted by Gasteiger charge is 2.59. The third-order valence-electron chi connectivity index (χ3n) is 7.10. The smallest absolute Gasteiger partial charge is 0.331 e. The van der Waals surface area contributed by atoms with Gasteiger partial charge in [0.05, 0.1) is 32.5 Å². The summed E-state index contributed by atoms with van der Waals surface area (Å²) in [5.41, 5.74) is -1.31. The van der Waals surface area contributed by atoms with E-state index < -0.39 is 79.7 Å². The highest BCUT2D eigenvalue weighted by molar-refractivity contribution is 5.87. The molecule has 0 aromatic heterocycles. The Bertz CT molecular complexity index is 1040. The third kappa shape index (κ3) is 5.51. The van der Waals surface area contributed by atoms with Gasteiger partial charge >= 0.3 is 5.97 Å². The van der Waals surface area contributed by atoms with E-state index in [0.717, 1.165) is 6.08 Å². The number of hydrogen-bond acceptors (Lipinski definition) is 13. The zero-order chi connectivity index (χ0) is 27.6. The maximum Gasteiger partial charge on any atom is 0.331 e. The molecule has 1 aromatic carbocycles. The van der Waals surface area contributed by atoms with Crippen molar-refractivity contribution in [3.63, 3.8) is 0 Å². The predicted octanol–water partition coefficient (Wildman–Crippen LogP) is -1.63. The molecule has 4 rings (SSSR count). The van der Waals surface area contributed by atoms with Crippen LogP contribution >= 0.6 is 0 Å². The first-order valence-electron chi connectivity index (χ1n) is 12.0. The second-order valence-electron chi connectivity index (χ2n) is 9.48. The van der Waals surface area contributed by atoms with Crippen molar-refractivity contribution in [1.29, 1.82) is 0 Å². The second kappa shape index (κ2) is 11.6. The number of benzene rings is 1. The Kier molecular flexibility index (Phi) is 8.59. The lowest BCUT2D eigenvalue weighted by Crippen LogP contribution is -2.61. The average Bonchev–Trinajstić information content (AvgIpc) is 3.20. The van der Waals surface area contributed by atoms with E-state index in [2.05, 4.69) is 0 Å². The number of aliphatic hydroxyl groups is 6. The van der Waals surface area contributed by atoms with E-state index in [1.807, 2.05) is 0 Å². The monoisotopic (exact) mass is 540 g/mol. The largest absolute Gasteiger partial charge is 0.504 e. The summed E-state index contributed by atoms with van der Waals surface area (Å²) in [6.45, 7) is -1.39. The molecule has 10 atom stereocenters. The molecule has 2 fully saturated rings. The molecule has 13 nitrogen and oxygen atoms in total. The number of aromatic hydroxyl groups is 1. The molecule has 0 spiro atoms. The van der Waals surface area contributed by atoms with Gasteiger partial charge in [-0.3, -0.25) is 0 Å². The van der Waals surface area contributed by atoms with Crippen LogP contribution < -0.4 is 4.74 Å². The van der Waals surface area contributed by atoms with Gasteiger partial charge in [0, 0.05) is 18.4 Å². The molecule has 210 valence electrons. The van der Waals surface area contributed by atoms with Crippen LogP contribution in [-0.2, 0) is 23.7 Å². The molecule has 7 N–H and O–H groups in total. The van der Waals surface area contributed by atoms with Gasteiger partial charge in [-0.1, -0.05) is 6.07 Å². The van der Waals surface area contributed by atoms with Gasteiger partial charge in [0.2, 0.25) is 6.29 Å². The fourth-order valence-corrected chi connectivity index (χ4v) is 5.07. The molecule has 1 aromatic rings. The van der Waals surface area contributed by atoms with Crippen LogP contribution in [0.3, 0.4) is 0 Å². The van der Waals surface area contributed by atoms with Crippen LogP contribution in [0, 0.1) is 11.8 Å². The normalized spacial score (nSPS) is 38.6. The summed E-state index contributed by atoms with van der Waals surface area (Å²) in [6, 6.07) is 4.56. The molecule has 0 radical (unpaired) electrons. The number of phenolic OH excluding ortho intramolecular Hbond substituents is 1. The zero-order valence-corrected chi connectivity index (χ0v) is 20.4. The topological polar surface area (TPSA) is 205 Å². The lowest BCUT2D eigenvalue weighted by atomic mass is 9.84. The summed E-state index contributed by atoms with van der Waals surface area (Å²) in [4.78, 5) is 12.6. The van der Waals surface area contributed by atoms with E-state index in [1.54, 1.807) is 12.1 Å². The van der Waals surface area contributed by atoms with Crippen molar-refractivity contribution in [2.45, 2.75) is 55.1 Å². The third-order valence-corrected chi connectivity index (χ3v) is 7.10. The molecular formula is C25H32O13. The van der Waals surface area contributed by atoms with E-state index in [0.29, 0.717) is 5.56 Å². The highest BCUT2D eigenvalue weighted by atomic mass is 16.8. The maximum atomic E-state index is 12.6. The van der Waals surface area contributed by atoms with Crippen molar-refractivity contribution in [2.24, 2.45) is 11.8 Å². The van der Waals surface area contributed by atoms with Gasteiger partial charge in [-0.25, -0.2) is 4.79 Å². The van der Waals surface area contributed by atoms with Gasteiger partial charge in [-0.05, 0) is 29.8 Å². The number of esters is 1. The molecule has 0 unspecified atom stereocenters. The maximum absolute atomic E-state index is 12.6. The van der Waals surface area contributed by atoms with Crippen LogP contribution in [0.25, 0.3) is 6.08 Å². The number of phenols is 1. The predicted molar refractivity (Wildman–Crippen MR) is 126 cm³/mol. The summed E-state index contributed by atoms with van der Waals surface area (Å²) in [7, 11) is 1.41. The molecule has 1 saturated heterocycles. The first-order chi connectivity index (χ1) is 18.1. The molecule has 1 saturated carbocycles. The molecule has 3 aliphatic rings. The van der Waals surface area contributed by atoms with E-state index in [1.165, 1.54) is 31.6 Å². The molecule has 1 aliphatic carbocycles. The minimum atomic E-state index is -1.81. The van der Waals surface area contributed by atoms with Crippen molar-refractivity contribution in [3.8, 4) is 11.5 Å². The minimum absolute atomic E-state index is 0.104. The van der Waals surface area contributed by atoms with Crippen LogP contribution in [0.4, 0.5) is 0 Å². The van der Waals surface area contributed by atoms with E-state index in [4.69, 9.17) is 23.7 Å². The molecule has 0 amide bonds. The zero-order valence-electron chi connectivity index (χ0n) is 20.4. The van der Waals surface area contributed by atoms with Crippen molar-refractivity contribution in [2.75, 3.05) is 20.3 Å². The van der Waals surface area contributed by atoms with Crippen molar-refractivity contribution >= 4 is 12.0 Å². The second-order valence-corrected chi connectivity index (χ2v) is 9.48. The van der Waals surface area contributed by atoms with E-state index in [9.17, 15) is 40.5 Å². The van der Waals surface area contributed by atoms with Crippen molar-refractivity contribution in [1.82, 2.24) is 0 Å². The lowest BCUT2D eigenvalue weighted by Gasteiger charge is -2.43. The van der Waals surface area contributed by atoms with Crippen molar-refractivity contribution < 1.29 is 64.2 Å². The van der Waals surface area contributed by atoms with Crippen LogP contribution in [0.1, 0.15) is 12.0 Å². The van der Waals surface area contributed by atoms with Gasteiger partial charge < -0.3 is 59.4 Å². The molecule has 38 heavy (non-hydrogen) atoms. The SMILES string of the molecule is COc1ccc(/C=C/C(=O)O[C@@H]2C[C@@](O)(CO)[C@H]3[C@H](O[C@@H]4O[C@H](CO)[C@@H](O)[C@H](O)[C@H]4O)OC=C[C@H]32)cc1O. The van der Waals surface area contributed by atoms with Crippen LogP contribution in [0.2, 0.25) is 0 Å². The number of methoxy groups -OCH3 is 1. The Balaban J connectivity index is 1.47. The van der Waals surface area contributed by atoms with Gasteiger partial charge in [0.15, 0.2) is 17.8 Å². The van der Waals surface area contributed by atoms with Crippen LogP contribution in [0.5, 0.6) is 11.5 Å². The van der Waals surface area contributed by atoms with Crippen LogP contribution in [-0.4, -0.2) is 111 Å². The Morgan fingerprint density at radius 3 is 2.58 bits per heavy atom. The standard InChI is InChI=1S/C25H32O13/c1-34-15-4-2-12(8-14(15)28)3-5-18(29)36-16-9-25(33,11-27)19-13(16)6-7-35-23(19)38-24-22(32)21(31)20(30)17(10-26)37-24/h2-8,13,16-17,19-24,26-28,30-33H,9-11H2,1H3/b5-3+/t13-,16+,17+,19+,20+,21-,22+,23-,24-,25+/m0/s1. The first-order valence-corrected chi connectivity index (χ1v) is 12.0. The fraction of sp³-hybridized carbons (Fsp3) is 0.560. The summed E-state index contributed by atoms with van der Waals surface area (Å²) < 4.78 is 27.1. The molecular weight excluding hydrogens is 508 g/mol. The Hall–Kier alpha value is -2.75. The summed E-state index contributed by atoms with van der Waals surface area (Å²) in [5.74, 6) is -2.22. The number of rotatable bonds is 8. The first kappa shape index (κ1) is 28.3. The summed E-state index contributed by atoms with van der Waals surface area (Å²) in [5, 5.41) is 70.9. The lowest BCUT2D eigenvalue weighted by molar-refractivity contribution is -0.347. The van der Waals surface area contributed by atoms with Gasteiger partial charge in [-0.15, -0.1) is 0 Å². The number of hydrogen-bond donors (Lipinski definition) is 7. The minimum Gasteiger partial charge on any atom is -0.504 e. The van der Waals surface area contributed by atoms with E-state index >= 15 is 0 Å². The summed E-state index contributed by atoms with van der Waals surface area (Å²) >= 11 is 0. The number of aliphatic hydroxyl groups excluding tert-OH is 5. The number of ether oxygens (including phenoxy) is 5. The van der Waals surface area contributed by atoms with Gasteiger partial charge in [0.1, 0.15) is 36.1 Å². The number of fused-ring (bicyclic) bond motifs is 1. The average molecular weight is 541 g/mol. The number of carbonyl (C=O) groups excluding carboxylic acids is 1. The molecule has 0 bridgehead atoms. The fourth-order valence-electron chi connectivity index (χ4n) is 5.07. The quantitative estimate of drug-likeness (QED) is 0.146. The molecule has 2 heterocycles. The van der Waals surface area contributed by atoms with Gasteiger partial charge in [-0.2, -0.15) is 0 Å². The van der Waals surface area contributed by atoms with Crippen molar-refractivity contribution in [3.05, 3.63) is 42.2 Å². The van der Waals surface area contributed by atoms with E-state index in [-0.39, 0.29) is 17.9 Å². The molecule has 13 heteroatoms.